The highest BCUT2D eigenvalue weighted by molar-refractivity contribution is 7.56. The number of ether oxygens (including phenoxy) is 1. The zero-order chi connectivity index (χ0) is 8.27. The van der Waals surface area contributed by atoms with E-state index < -0.39 is 8.22 Å². The Morgan fingerprint density at radius 2 is 1.82 bits per heavy atom. The van der Waals surface area contributed by atoms with Crippen LogP contribution in [0.5, 0.6) is 0 Å². The smallest absolute Gasteiger partial charge is 0.240 e. The van der Waals surface area contributed by atoms with Crippen LogP contribution in [0.15, 0.2) is 9.53 Å². The molecule has 0 aromatic heterocycles. The van der Waals surface area contributed by atoms with Gasteiger partial charge in [-0.05, 0) is 6.92 Å². The van der Waals surface area contributed by atoms with Crippen LogP contribution < -0.4 is 0 Å². The Hall–Kier alpha value is -0.850. The van der Waals surface area contributed by atoms with E-state index in [1.54, 1.807) is 0 Å². The Morgan fingerprint density at radius 1 is 1.36 bits per heavy atom. The van der Waals surface area contributed by atoms with Gasteiger partial charge in [-0.1, -0.05) is 0 Å². The zero-order valence-electron chi connectivity index (χ0n) is 5.72. The van der Waals surface area contributed by atoms with E-state index in [0.29, 0.717) is 0 Å². The van der Waals surface area contributed by atoms with E-state index in [9.17, 15) is 9.59 Å². The molecular weight excluding hydrogens is 167 g/mol. The standard InChI is InChI=1S/C5H5N2O3P/c1-4-5(10-4)11(6-2-8)7-3-9/h4-5H,1H3. The van der Waals surface area contributed by atoms with Crippen LogP contribution in [-0.2, 0) is 14.3 Å². The number of nitrogens with zero attached hydrogens (tertiary/aromatic N) is 2. The fourth-order valence-corrected chi connectivity index (χ4v) is 1.75. The van der Waals surface area contributed by atoms with E-state index in [-0.39, 0.29) is 11.9 Å². The summed E-state index contributed by atoms with van der Waals surface area (Å²) in [6, 6.07) is 0. The third kappa shape index (κ3) is 2.04. The van der Waals surface area contributed by atoms with Gasteiger partial charge in [0.25, 0.3) is 0 Å². The molecule has 1 fully saturated rings. The van der Waals surface area contributed by atoms with Gasteiger partial charge < -0.3 is 4.74 Å². The third-order valence-electron chi connectivity index (χ3n) is 1.19. The molecule has 0 saturated carbocycles. The lowest BCUT2D eigenvalue weighted by atomic mass is 10.6. The van der Waals surface area contributed by atoms with E-state index in [0.717, 1.165) is 0 Å². The highest BCUT2D eigenvalue weighted by Gasteiger charge is 2.42. The lowest BCUT2D eigenvalue weighted by Gasteiger charge is -1.92. The second-order valence-electron chi connectivity index (χ2n) is 1.93. The SMILES string of the molecule is CC1OC1P(N=C=O)N=C=O. The van der Waals surface area contributed by atoms with Gasteiger partial charge in [-0.2, -0.15) is 9.53 Å². The summed E-state index contributed by atoms with van der Waals surface area (Å²) in [7, 11) is -1.37. The number of isocyanates is 2. The molecule has 0 amide bonds. The fraction of sp³-hybridized carbons (Fsp3) is 0.600. The summed E-state index contributed by atoms with van der Waals surface area (Å²) in [6.07, 6.45) is 2.73. The highest BCUT2D eigenvalue weighted by Crippen LogP contribution is 2.53. The van der Waals surface area contributed by atoms with Crippen molar-refractivity contribution >= 4 is 20.4 Å². The van der Waals surface area contributed by atoms with Gasteiger partial charge in [-0.15, -0.1) is 0 Å². The minimum Gasteiger partial charge on any atom is -0.361 e. The van der Waals surface area contributed by atoms with Gasteiger partial charge in [0.05, 0.1) is 6.10 Å². The Bertz CT molecular complexity index is 226. The second kappa shape index (κ2) is 3.51. The van der Waals surface area contributed by atoms with Crippen LogP contribution in [0.1, 0.15) is 6.92 Å². The average molecular weight is 172 g/mol. The number of rotatable bonds is 3. The molecule has 0 spiro atoms. The Morgan fingerprint density at radius 3 is 2.09 bits per heavy atom. The van der Waals surface area contributed by atoms with Gasteiger partial charge in [0, 0.05) is 0 Å². The topological polar surface area (TPSA) is 71.4 Å². The van der Waals surface area contributed by atoms with Gasteiger partial charge in [-0.25, -0.2) is 9.59 Å². The quantitative estimate of drug-likeness (QED) is 0.272. The lowest BCUT2D eigenvalue weighted by molar-refractivity contribution is 0.411. The van der Waals surface area contributed by atoms with Gasteiger partial charge in [0.1, 0.15) is 5.85 Å². The molecule has 0 bridgehead atoms. The summed E-state index contributed by atoms with van der Waals surface area (Å²) in [6.45, 7) is 1.82. The first-order valence-corrected chi connectivity index (χ1v) is 4.21. The van der Waals surface area contributed by atoms with Crippen LogP contribution in [-0.4, -0.2) is 24.1 Å². The predicted molar refractivity (Wildman–Crippen MR) is 37.5 cm³/mol. The normalized spacial score (nSPS) is 29.5. The summed E-state index contributed by atoms with van der Waals surface area (Å²) in [5.74, 6) is -0.187. The van der Waals surface area contributed by atoms with Crippen molar-refractivity contribution < 1.29 is 14.3 Å². The largest absolute Gasteiger partial charge is 0.361 e. The van der Waals surface area contributed by atoms with E-state index in [2.05, 4.69) is 9.53 Å². The molecule has 1 rings (SSSR count). The van der Waals surface area contributed by atoms with Crippen molar-refractivity contribution in [2.24, 2.45) is 9.53 Å². The maximum Gasteiger partial charge on any atom is 0.240 e. The predicted octanol–water partition coefficient (Wildman–Crippen LogP) is 0.715. The Balaban J connectivity index is 2.60. The third-order valence-corrected chi connectivity index (χ3v) is 2.76. The number of carbonyl (C=O) groups excluding carboxylic acids is 2. The van der Waals surface area contributed by atoms with E-state index in [4.69, 9.17) is 4.74 Å². The highest BCUT2D eigenvalue weighted by atomic mass is 31.1. The van der Waals surface area contributed by atoms with Gasteiger partial charge in [-0.3, -0.25) is 0 Å². The van der Waals surface area contributed by atoms with Crippen molar-refractivity contribution in [3.05, 3.63) is 0 Å². The summed E-state index contributed by atoms with van der Waals surface area (Å²) >= 11 is 0. The molecule has 2 atom stereocenters. The Labute approximate surface area is 64.0 Å². The van der Waals surface area contributed by atoms with Gasteiger partial charge in [0.15, 0.2) is 8.22 Å². The molecule has 1 heterocycles. The molecule has 0 aromatic rings. The van der Waals surface area contributed by atoms with Crippen LogP contribution in [0.3, 0.4) is 0 Å². The van der Waals surface area contributed by atoms with Gasteiger partial charge in [0.2, 0.25) is 12.2 Å². The van der Waals surface area contributed by atoms with Crippen molar-refractivity contribution in [3.8, 4) is 0 Å². The van der Waals surface area contributed by atoms with Crippen LogP contribution in [0.25, 0.3) is 0 Å². The minimum absolute atomic E-state index is 0.0373. The average Bonchev–Trinajstić information content (AvgIpc) is 2.67. The van der Waals surface area contributed by atoms with Gasteiger partial charge >= 0.3 is 0 Å². The maximum atomic E-state index is 9.81. The van der Waals surface area contributed by atoms with Crippen LogP contribution in [0.4, 0.5) is 0 Å². The first-order valence-electron chi connectivity index (χ1n) is 2.90. The van der Waals surface area contributed by atoms with Crippen molar-refractivity contribution in [1.29, 1.82) is 0 Å². The number of hydrogen-bond donors (Lipinski definition) is 0. The summed E-state index contributed by atoms with van der Waals surface area (Å²) < 4.78 is 11.6. The molecule has 1 aliphatic rings. The minimum atomic E-state index is -1.37. The van der Waals surface area contributed by atoms with Crippen LogP contribution in [0, 0.1) is 0 Å². The summed E-state index contributed by atoms with van der Waals surface area (Å²) in [5, 5.41) is 0. The molecule has 11 heavy (non-hydrogen) atoms. The van der Waals surface area contributed by atoms with Crippen molar-refractivity contribution in [2.45, 2.75) is 18.9 Å². The summed E-state index contributed by atoms with van der Waals surface area (Å²) in [4.78, 5) is 19.6. The monoisotopic (exact) mass is 172 g/mol. The van der Waals surface area contributed by atoms with E-state index >= 15 is 0 Å². The molecule has 2 unspecified atom stereocenters. The molecule has 6 heteroatoms. The van der Waals surface area contributed by atoms with Crippen LogP contribution >= 0.6 is 8.22 Å². The molecule has 1 saturated heterocycles. The van der Waals surface area contributed by atoms with Crippen molar-refractivity contribution in [2.75, 3.05) is 0 Å². The zero-order valence-corrected chi connectivity index (χ0v) is 6.62. The van der Waals surface area contributed by atoms with E-state index in [1.165, 1.54) is 12.2 Å². The second-order valence-corrected chi connectivity index (χ2v) is 3.48. The number of hydrogen-bond acceptors (Lipinski definition) is 5. The van der Waals surface area contributed by atoms with E-state index in [1.807, 2.05) is 6.92 Å². The number of epoxide rings is 1. The molecule has 0 radical (unpaired) electrons. The molecule has 1 aliphatic heterocycles. The van der Waals surface area contributed by atoms with Crippen molar-refractivity contribution in [3.63, 3.8) is 0 Å². The first kappa shape index (κ1) is 8.25. The molecule has 0 aliphatic carbocycles. The molecular formula is C5H5N2O3P. The van der Waals surface area contributed by atoms with Crippen LogP contribution in [0.2, 0.25) is 0 Å². The fourth-order valence-electron chi connectivity index (χ4n) is 0.637. The molecule has 58 valence electrons. The molecule has 5 nitrogen and oxygen atoms in total. The molecule has 0 aromatic carbocycles. The van der Waals surface area contributed by atoms with Crippen molar-refractivity contribution in [1.82, 2.24) is 0 Å². The summed E-state index contributed by atoms with van der Waals surface area (Å²) in [5.41, 5.74) is 0. The first-order chi connectivity index (χ1) is 5.29. The Kier molecular flexibility index (Phi) is 2.64. The molecule has 0 N–H and O–H groups in total. The lowest BCUT2D eigenvalue weighted by Crippen LogP contribution is -1.82. The maximum absolute atomic E-state index is 9.81.